The largest absolute Gasteiger partial charge is 0.360 e. The summed E-state index contributed by atoms with van der Waals surface area (Å²) in [5.74, 6) is 0. The van der Waals surface area contributed by atoms with Gasteiger partial charge in [0.25, 0.3) is 5.56 Å². The Bertz CT molecular complexity index is 1010. The summed E-state index contributed by atoms with van der Waals surface area (Å²) in [5.41, 5.74) is 2.13. The zero-order valence-corrected chi connectivity index (χ0v) is 17.9. The van der Waals surface area contributed by atoms with E-state index in [9.17, 15) is 13.2 Å². The second-order valence-corrected chi connectivity index (χ2v) is 9.87. The van der Waals surface area contributed by atoms with Crippen molar-refractivity contribution >= 4 is 27.3 Å². The van der Waals surface area contributed by atoms with Crippen LogP contribution in [0.5, 0.6) is 0 Å². The van der Waals surface area contributed by atoms with Gasteiger partial charge in [0.15, 0.2) is 6.67 Å². The van der Waals surface area contributed by atoms with E-state index in [1.54, 1.807) is 0 Å². The molecule has 1 aromatic heterocycles. The van der Waals surface area contributed by atoms with Gasteiger partial charge in [-0.3, -0.25) is 9.36 Å². The molecule has 9 heteroatoms. The third kappa shape index (κ3) is 4.41. The average molecular weight is 426 g/mol. The van der Waals surface area contributed by atoms with Crippen molar-refractivity contribution in [3.63, 3.8) is 0 Å². The van der Waals surface area contributed by atoms with Crippen LogP contribution in [0.15, 0.2) is 46.2 Å². The summed E-state index contributed by atoms with van der Waals surface area (Å²) in [5, 5.41) is 0.723. The summed E-state index contributed by atoms with van der Waals surface area (Å²) in [6, 6.07) is 8.59. The number of quaternary nitrogens is 1. The van der Waals surface area contributed by atoms with Gasteiger partial charge in [-0.05, 0) is 30.7 Å². The van der Waals surface area contributed by atoms with Crippen LogP contribution in [0.2, 0.25) is 5.02 Å². The average Bonchev–Trinajstić information content (AvgIpc) is 2.66. The standard InChI is InChI=1S/C19H25ClN4O3S/c1-15-4-5-16(20)12-18(15)23-10-8-22(9-11-23)14-24-13-17(6-7-19(24)25)28(26,27)21(2)3/h4-7,12-13H,8-11,14H2,1-3H3/p+1. The molecule has 28 heavy (non-hydrogen) atoms. The van der Waals surface area contributed by atoms with Crippen molar-refractivity contribution in [1.29, 1.82) is 0 Å². The maximum atomic E-state index is 12.3. The zero-order valence-electron chi connectivity index (χ0n) is 16.4. The molecule has 1 aliphatic heterocycles. The van der Waals surface area contributed by atoms with E-state index in [0.717, 1.165) is 41.2 Å². The van der Waals surface area contributed by atoms with Gasteiger partial charge in [0.05, 0.1) is 31.1 Å². The third-order valence-corrected chi connectivity index (χ3v) is 7.15. The quantitative estimate of drug-likeness (QED) is 0.754. The van der Waals surface area contributed by atoms with Crippen LogP contribution in [-0.4, -0.2) is 57.6 Å². The number of nitrogens with one attached hydrogen (secondary N) is 1. The number of hydrogen-bond acceptors (Lipinski definition) is 4. The molecule has 2 aromatic rings. The van der Waals surface area contributed by atoms with Gasteiger partial charge in [-0.25, -0.2) is 12.7 Å². The van der Waals surface area contributed by atoms with Crippen molar-refractivity contribution in [3.05, 3.63) is 57.5 Å². The molecule has 1 aromatic carbocycles. The molecule has 1 N–H and O–H groups in total. The number of hydrogen-bond donors (Lipinski definition) is 1. The van der Waals surface area contributed by atoms with Gasteiger partial charge in [0.1, 0.15) is 0 Å². The Morgan fingerprint density at radius 3 is 2.46 bits per heavy atom. The molecule has 152 valence electrons. The van der Waals surface area contributed by atoms with E-state index in [4.69, 9.17) is 11.6 Å². The monoisotopic (exact) mass is 425 g/mol. The number of aromatic nitrogens is 1. The highest BCUT2D eigenvalue weighted by Gasteiger charge is 2.23. The molecule has 0 bridgehead atoms. The topological polar surface area (TPSA) is 67.1 Å². The third-order valence-electron chi connectivity index (χ3n) is 5.11. The smallest absolute Gasteiger partial charge is 0.254 e. The molecule has 0 amide bonds. The summed E-state index contributed by atoms with van der Waals surface area (Å²) >= 11 is 6.14. The Balaban J connectivity index is 1.71. The van der Waals surface area contributed by atoms with Crippen molar-refractivity contribution in [2.24, 2.45) is 0 Å². The first-order valence-corrected chi connectivity index (χ1v) is 11.0. The first kappa shape index (κ1) is 20.9. The van der Waals surface area contributed by atoms with Gasteiger partial charge < -0.3 is 9.80 Å². The fraction of sp³-hybridized carbons (Fsp3) is 0.421. The molecule has 0 unspecified atom stereocenters. The van der Waals surface area contributed by atoms with E-state index in [-0.39, 0.29) is 10.5 Å². The van der Waals surface area contributed by atoms with Crippen molar-refractivity contribution in [2.45, 2.75) is 18.5 Å². The predicted molar refractivity (Wildman–Crippen MR) is 111 cm³/mol. The Morgan fingerprint density at radius 1 is 1.14 bits per heavy atom. The van der Waals surface area contributed by atoms with E-state index in [2.05, 4.69) is 11.8 Å². The number of benzene rings is 1. The highest BCUT2D eigenvalue weighted by molar-refractivity contribution is 7.89. The fourth-order valence-corrected chi connectivity index (χ4v) is 4.47. The zero-order chi connectivity index (χ0) is 20.5. The van der Waals surface area contributed by atoms with Crippen LogP contribution in [0.25, 0.3) is 0 Å². The van der Waals surface area contributed by atoms with Gasteiger partial charge in [-0.2, -0.15) is 0 Å². The first-order valence-electron chi connectivity index (χ1n) is 9.16. The highest BCUT2D eigenvalue weighted by atomic mass is 35.5. The van der Waals surface area contributed by atoms with E-state index in [1.807, 2.05) is 18.2 Å². The number of piperazine rings is 1. The highest BCUT2D eigenvalue weighted by Crippen LogP contribution is 2.24. The lowest BCUT2D eigenvalue weighted by molar-refractivity contribution is -0.923. The Kier molecular flexibility index (Phi) is 6.14. The minimum Gasteiger partial charge on any atom is -0.360 e. The van der Waals surface area contributed by atoms with Crippen LogP contribution in [0.1, 0.15) is 5.56 Å². The molecular formula is C19H26ClN4O3S+. The van der Waals surface area contributed by atoms with Crippen molar-refractivity contribution in [1.82, 2.24) is 8.87 Å². The van der Waals surface area contributed by atoms with Crippen LogP contribution >= 0.6 is 11.6 Å². The van der Waals surface area contributed by atoms with Gasteiger partial charge in [-0.1, -0.05) is 17.7 Å². The molecular weight excluding hydrogens is 400 g/mol. The van der Waals surface area contributed by atoms with Crippen LogP contribution in [-0.2, 0) is 16.7 Å². The first-order chi connectivity index (χ1) is 13.2. The molecule has 0 spiro atoms. The van der Waals surface area contributed by atoms with E-state index < -0.39 is 10.0 Å². The fourth-order valence-electron chi connectivity index (χ4n) is 3.38. The molecule has 2 heterocycles. The number of anilines is 1. The molecule has 0 saturated carbocycles. The number of nitrogens with zero attached hydrogens (tertiary/aromatic N) is 3. The number of pyridine rings is 1. The van der Waals surface area contributed by atoms with E-state index >= 15 is 0 Å². The minimum atomic E-state index is -3.57. The van der Waals surface area contributed by atoms with E-state index in [1.165, 1.54) is 47.5 Å². The van der Waals surface area contributed by atoms with Crippen LogP contribution < -0.4 is 15.4 Å². The normalized spacial score (nSPS) is 16.0. The maximum Gasteiger partial charge on any atom is 0.254 e. The van der Waals surface area contributed by atoms with E-state index in [0.29, 0.717) is 6.67 Å². The molecule has 1 saturated heterocycles. The predicted octanol–water partition coefficient (Wildman–Crippen LogP) is 0.423. The van der Waals surface area contributed by atoms with Crippen molar-refractivity contribution in [2.75, 3.05) is 45.2 Å². The Morgan fingerprint density at radius 2 is 1.82 bits per heavy atom. The maximum absolute atomic E-state index is 12.3. The number of sulfonamides is 1. The number of rotatable bonds is 5. The van der Waals surface area contributed by atoms with Gasteiger partial charge in [0, 0.05) is 37.1 Å². The summed E-state index contributed by atoms with van der Waals surface area (Å²) in [4.78, 5) is 15.9. The van der Waals surface area contributed by atoms with Crippen LogP contribution in [0, 0.1) is 6.92 Å². The minimum absolute atomic E-state index is 0.129. The van der Waals surface area contributed by atoms with Crippen LogP contribution in [0.3, 0.4) is 0 Å². The summed E-state index contributed by atoms with van der Waals surface area (Å²) in [6.45, 7) is 5.91. The molecule has 7 nitrogen and oxygen atoms in total. The SMILES string of the molecule is Cc1ccc(Cl)cc1N1CC[NH+](Cn2cc(S(=O)(=O)N(C)C)ccc2=O)CC1. The second kappa shape index (κ2) is 8.24. The van der Waals surface area contributed by atoms with Crippen molar-refractivity contribution < 1.29 is 13.3 Å². The van der Waals surface area contributed by atoms with Crippen LogP contribution in [0.4, 0.5) is 5.69 Å². The lowest BCUT2D eigenvalue weighted by atomic mass is 10.1. The molecule has 0 radical (unpaired) electrons. The molecule has 0 aliphatic carbocycles. The Hall–Kier alpha value is -1.87. The van der Waals surface area contributed by atoms with Crippen molar-refractivity contribution in [3.8, 4) is 0 Å². The lowest BCUT2D eigenvalue weighted by Gasteiger charge is -2.34. The number of aryl methyl sites for hydroxylation is 1. The molecule has 0 atom stereocenters. The molecule has 1 aliphatic rings. The van der Waals surface area contributed by atoms with Gasteiger partial charge in [-0.15, -0.1) is 0 Å². The summed E-state index contributed by atoms with van der Waals surface area (Å²) in [6.07, 6.45) is 1.44. The van der Waals surface area contributed by atoms with Gasteiger partial charge in [0.2, 0.25) is 10.0 Å². The summed E-state index contributed by atoms with van der Waals surface area (Å²) < 4.78 is 27.3. The number of halogens is 1. The molecule has 1 fully saturated rings. The Labute approximate surface area is 170 Å². The summed E-state index contributed by atoms with van der Waals surface area (Å²) in [7, 11) is -0.609. The van der Waals surface area contributed by atoms with Gasteiger partial charge >= 0.3 is 0 Å². The molecule has 3 rings (SSSR count). The lowest BCUT2D eigenvalue weighted by Crippen LogP contribution is -3.14. The second-order valence-electron chi connectivity index (χ2n) is 7.29.